The van der Waals surface area contributed by atoms with Crippen LogP contribution in [0.5, 0.6) is 11.5 Å². The minimum atomic E-state index is -3.85. The molecule has 1 aromatic heterocycles. The van der Waals surface area contributed by atoms with E-state index in [-0.39, 0.29) is 16.8 Å². The second-order valence-electron chi connectivity index (χ2n) is 5.74. The van der Waals surface area contributed by atoms with Crippen molar-refractivity contribution in [3.8, 4) is 23.0 Å². The molecule has 0 fully saturated rings. The standard InChI is InChI=1S/C18H16ClN3O6S/c1-26-14-8-3-11(9-15(14)27-2)17-21-22-18(28-17)20-16(23)10-29(24,25)13-6-4-12(19)5-7-13/h3-9H,10H2,1-2H3,(H,20,22,23). The molecule has 0 spiro atoms. The molecule has 2 aromatic carbocycles. The summed E-state index contributed by atoms with van der Waals surface area (Å²) in [6, 6.07) is 10.2. The molecule has 3 aromatic rings. The van der Waals surface area contributed by atoms with Gasteiger partial charge < -0.3 is 13.9 Å². The number of methoxy groups -OCH3 is 2. The molecule has 0 saturated carbocycles. The van der Waals surface area contributed by atoms with Crippen LogP contribution in [0.4, 0.5) is 6.01 Å². The van der Waals surface area contributed by atoms with Crippen molar-refractivity contribution in [1.29, 1.82) is 0 Å². The molecule has 3 rings (SSSR count). The van der Waals surface area contributed by atoms with Crippen LogP contribution in [0.3, 0.4) is 0 Å². The molecule has 0 radical (unpaired) electrons. The molecular formula is C18H16ClN3O6S. The van der Waals surface area contributed by atoms with Crippen molar-refractivity contribution in [3.05, 3.63) is 47.5 Å². The summed E-state index contributed by atoms with van der Waals surface area (Å²) in [5, 5.41) is 10.2. The number of aromatic nitrogens is 2. The topological polar surface area (TPSA) is 121 Å². The van der Waals surface area contributed by atoms with Gasteiger partial charge in [0.1, 0.15) is 5.75 Å². The Morgan fingerprint density at radius 3 is 2.41 bits per heavy atom. The number of hydrogen-bond acceptors (Lipinski definition) is 8. The average Bonchev–Trinajstić information content (AvgIpc) is 3.15. The number of rotatable bonds is 7. The van der Waals surface area contributed by atoms with Gasteiger partial charge >= 0.3 is 6.01 Å². The molecule has 0 aliphatic heterocycles. The molecule has 11 heteroatoms. The van der Waals surface area contributed by atoms with E-state index in [0.717, 1.165) is 0 Å². The van der Waals surface area contributed by atoms with Crippen LogP contribution in [-0.2, 0) is 14.6 Å². The molecule has 0 bridgehead atoms. The third kappa shape index (κ3) is 4.84. The Kier molecular flexibility index (Phi) is 6.04. The molecule has 152 valence electrons. The molecule has 1 N–H and O–H groups in total. The highest BCUT2D eigenvalue weighted by Crippen LogP contribution is 2.32. The lowest BCUT2D eigenvalue weighted by molar-refractivity contribution is -0.114. The number of nitrogens with zero attached hydrogens (tertiary/aromatic N) is 2. The second kappa shape index (κ2) is 8.50. The van der Waals surface area contributed by atoms with E-state index < -0.39 is 21.5 Å². The number of benzene rings is 2. The summed E-state index contributed by atoms with van der Waals surface area (Å²) in [7, 11) is -0.851. The van der Waals surface area contributed by atoms with E-state index in [2.05, 4.69) is 15.5 Å². The largest absolute Gasteiger partial charge is 0.493 e. The lowest BCUT2D eigenvalue weighted by Gasteiger charge is -2.07. The van der Waals surface area contributed by atoms with Gasteiger partial charge in [0.2, 0.25) is 11.8 Å². The molecule has 1 heterocycles. The lowest BCUT2D eigenvalue weighted by Crippen LogP contribution is -2.23. The Balaban J connectivity index is 1.71. The molecule has 0 saturated heterocycles. The molecule has 0 aliphatic rings. The van der Waals surface area contributed by atoms with Crippen LogP contribution in [0.1, 0.15) is 0 Å². The zero-order valence-electron chi connectivity index (χ0n) is 15.4. The van der Waals surface area contributed by atoms with E-state index in [9.17, 15) is 13.2 Å². The van der Waals surface area contributed by atoms with Gasteiger partial charge in [-0.05, 0) is 42.5 Å². The number of ether oxygens (including phenoxy) is 2. The fourth-order valence-corrected chi connectivity index (χ4v) is 3.67. The second-order valence-corrected chi connectivity index (χ2v) is 8.17. The van der Waals surface area contributed by atoms with Crippen LogP contribution in [0.15, 0.2) is 51.8 Å². The van der Waals surface area contributed by atoms with Gasteiger partial charge in [0.15, 0.2) is 21.3 Å². The van der Waals surface area contributed by atoms with Crippen molar-refractivity contribution < 1.29 is 27.1 Å². The first-order valence-electron chi connectivity index (χ1n) is 8.16. The zero-order valence-corrected chi connectivity index (χ0v) is 17.0. The van der Waals surface area contributed by atoms with Crippen molar-refractivity contribution in [3.63, 3.8) is 0 Å². The number of amides is 1. The first-order valence-corrected chi connectivity index (χ1v) is 10.2. The van der Waals surface area contributed by atoms with Gasteiger partial charge in [-0.25, -0.2) is 8.42 Å². The minimum Gasteiger partial charge on any atom is -0.493 e. The number of nitrogens with one attached hydrogen (secondary N) is 1. The predicted octanol–water partition coefficient (Wildman–Crippen LogP) is 2.82. The van der Waals surface area contributed by atoms with Crippen LogP contribution in [-0.4, -0.2) is 44.5 Å². The Morgan fingerprint density at radius 2 is 1.76 bits per heavy atom. The average molecular weight is 438 g/mol. The SMILES string of the molecule is COc1ccc(-c2nnc(NC(=O)CS(=O)(=O)c3ccc(Cl)cc3)o2)cc1OC. The maximum atomic E-state index is 12.3. The lowest BCUT2D eigenvalue weighted by atomic mass is 10.2. The first kappa shape index (κ1) is 20.6. The van der Waals surface area contributed by atoms with Gasteiger partial charge in [-0.15, -0.1) is 5.10 Å². The Labute approximate surface area is 171 Å². The molecule has 0 aliphatic carbocycles. The highest BCUT2D eigenvalue weighted by molar-refractivity contribution is 7.92. The Morgan fingerprint density at radius 1 is 1.07 bits per heavy atom. The third-order valence-corrected chi connectivity index (χ3v) is 5.68. The van der Waals surface area contributed by atoms with Crippen LogP contribution in [0.25, 0.3) is 11.5 Å². The summed E-state index contributed by atoms with van der Waals surface area (Å²) in [4.78, 5) is 12.1. The van der Waals surface area contributed by atoms with E-state index in [1.165, 1.54) is 38.5 Å². The van der Waals surface area contributed by atoms with E-state index >= 15 is 0 Å². The van der Waals surface area contributed by atoms with Crippen LogP contribution in [0.2, 0.25) is 5.02 Å². The molecular weight excluding hydrogens is 422 g/mol. The fraction of sp³-hybridized carbons (Fsp3) is 0.167. The van der Waals surface area contributed by atoms with Crippen molar-refractivity contribution in [2.75, 3.05) is 25.3 Å². The summed E-state index contributed by atoms with van der Waals surface area (Å²) >= 11 is 5.75. The minimum absolute atomic E-state index is 0.0198. The fourth-order valence-electron chi connectivity index (χ4n) is 2.41. The van der Waals surface area contributed by atoms with E-state index in [1.807, 2.05) is 0 Å². The number of hydrogen-bond donors (Lipinski definition) is 1. The van der Waals surface area contributed by atoms with Crippen LogP contribution >= 0.6 is 11.6 Å². The van der Waals surface area contributed by atoms with E-state index in [1.54, 1.807) is 18.2 Å². The van der Waals surface area contributed by atoms with Gasteiger partial charge in [0, 0.05) is 10.6 Å². The van der Waals surface area contributed by atoms with Crippen molar-refractivity contribution in [1.82, 2.24) is 10.2 Å². The highest BCUT2D eigenvalue weighted by Gasteiger charge is 2.21. The quantitative estimate of drug-likeness (QED) is 0.599. The van der Waals surface area contributed by atoms with Gasteiger partial charge in [0.05, 0.1) is 19.1 Å². The molecule has 29 heavy (non-hydrogen) atoms. The molecule has 1 amide bonds. The summed E-state index contributed by atoms with van der Waals surface area (Å²) in [6.45, 7) is 0. The maximum Gasteiger partial charge on any atom is 0.322 e. The van der Waals surface area contributed by atoms with Crippen LogP contribution < -0.4 is 14.8 Å². The number of anilines is 1. The number of sulfone groups is 1. The third-order valence-electron chi connectivity index (χ3n) is 3.80. The normalized spacial score (nSPS) is 11.1. The first-order chi connectivity index (χ1) is 13.8. The van der Waals surface area contributed by atoms with Crippen LogP contribution in [0, 0.1) is 0 Å². The number of carbonyl (C=O) groups excluding carboxylic acids is 1. The van der Waals surface area contributed by atoms with Crippen molar-refractivity contribution in [2.24, 2.45) is 0 Å². The Hall–Kier alpha value is -3.11. The predicted molar refractivity (Wildman–Crippen MR) is 105 cm³/mol. The number of carbonyl (C=O) groups is 1. The van der Waals surface area contributed by atoms with Gasteiger partial charge in [-0.3, -0.25) is 10.1 Å². The van der Waals surface area contributed by atoms with Gasteiger partial charge in [-0.2, -0.15) is 0 Å². The van der Waals surface area contributed by atoms with Crippen molar-refractivity contribution >= 4 is 33.4 Å². The summed E-state index contributed by atoms with van der Waals surface area (Å²) in [5.41, 5.74) is 0.532. The maximum absolute atomic E-state index is 12.3. The molecule has 0 atom stereocenters. The zero-order chi connectivity index (χ0) is 21.0. The molecule has 0 unspecified atom stereocenters. The monoisotopic (exact) mass is 437 g/mol. The summed E-state index contributed by atoms with van der Waals surface area (Å²) in [6.07, 6.45) is 0. The van der Waals surface area contributed by atoms with Gasteiger partial charge in [0.25, 0.3) is 0 Å². The summed E-state index contributed by atoms with van der Waals surface area (Å²) < 4.78 is 40.4. The van der Waals surface area contributed by atoms with Crippen molar-refractivity contribution in [2.45, 2.75) is 4.90 Å². The smallest absolute Gasteiger partial charge is 0.322 e. The van der Waals surface area contributed by atoms with Gasteiger partial charge in [-0.1, -0.05) is 16.7 Å². The molecule has 9 nitrogen and oxygen atoms in total. The van der Waals surface area contributed by atoms with E-state index in [0.29, 0.717) is 22.1 Å². The summed E-state index contributed by atoms with van der Waals surface area (Å²) in [5.74, 6) is -0.508. The highest BCUT2D eigenvalue weighted by atomic mass is 35.5. The van der Waals surface area contributed by atoms with E-state index in [4.69, 9.17) is 25.5 Å². The number of halogens is 1. The Bertz CT molecular complexity index is 1130.